The van der Waals surface area contributed by atoms with Crippen molar-refractivity contribution in [3.8, 4) is 6.07 Å². The summed E-state index contributed by atoms with van der Waals surface area (Å²) >= 11 is 0. The van der Waals surface area contributed by atoms with Crippen molar-refractivity contribution in [2.75, 3.05) is 6.61 Å². The Bertz CT molecular complexity index is 1220. The number of nitrogens with zero attached hydrogens (tertiary/aromatic N) is 1. The van der Waals surface area contributed by atoms with Gasteiger partial charge in [-0.15, -0.1) is 0 Å². The van der Waals surface area contributed by atoms with Crippen molar-refractivity contribution in [1.29, 1.82) is 5.26 Å². The van der Waals surface area contributed by atoms with Crippen LogP contribution < -0.4 is 5.73 Å². The van der Waals surface area contributed by atoms with Crippen molar-refractivity contribution < 1.29 is 14.3 Å². The number of primary amides is 1. The summed E-state index contributed by atoms with van der Waals surface area (Å²) in [6.45, 7) is 28.2. The Kier molecular flexibility index (Phi) is 18.8. The molecule has 0 fully saturated rings. The molecule has 40 heavy (non-hydrogen) atoms. The van der Waals surface area contributed by atoms with Gasteiger partial charge in [0.25, 0.3) is 0 Å². The molecular weight excluding hydrogens is 496 g/mol. The molecule has 0 unspecified atom stereocenters. The maximum absolute atomic E-state index is 11.6. The first-order valence-corrected chi connectivity index (χ1v) is 13.4. The Morgan fingerprint density at radius 3 is 1.82 bits per heavy atom. The molecule has 2 aromatic carbocycles. The first kappa shape index (κ1) is 38.0. The highest BCUT2D eigenvalue weighted by atomic mass is 16.5. The predicted molar refractivity (Wildman–Crippen MR) is 171 cm³/mol. The lowest BCUT2D eigenvalue weighted by Gasteiger charge is -2.21. The molecule has 0 aliphatic heterocycles. The van der Waals surface area contributed by atoms with Gasteiger partial charge in [0, 0.05) is 5.56 Å². The Labute approximate surface area is 242 Å². The Morgan fingerprint density at radius 1 is 1.00 bits per heavy atom. The highest BCUT2D eigenvalue weighted by Gasteiger charge is 2.16. The fourth-order valence-corrected chi connectivity index (χ4v) is 3.36. The molecular formula is C35H48N2O3. The lowest BCUT2D eigenvalue weighted by molar-refractivity contribution is -0.106. The standard InChI is InChI=1S/C27H29NO.C5H10O.C2H6.CH3NO/c1-8-21(24-13-20(17-28)14-25(15-24)27(5,6)7)16-26(18(2)3)23-11-9-22(10-12-23)19(4)29;1-4-6-5(2)3;1-2;2-1-3/h8-16H,2H2,1,3-7H3;2,4H2,1,3H3;1-2H3;1H,(H2,2,3)/b21-8+,26-16+;;;. The maximum Gasteiger partial charge on any atom is 0.204 e. The molecule has 0 saturated carbocycles. The summed E-state index contributed by atoms with van der Waals surface area (Å²) in [5.74, 6) is 0.840. The van der Waals surface area contributed by atoms with Gasteiger partial charge in [-0.3, -0.25) is 9.59 Å². The molecule has 5 heteroatoms. The highest BCUT2D eigenvalue weighted by Crippen LogP contribution is 2.31. The zero-order valence-corrected chi connectivity index (χ0v) is 26.1. The summed E-state index contributed by atoms with van der Waals surface area (Å²) in [5.41, 5.74) is 11.6. The van der Waals surface area contributed by atoms with E-state index in [0.717, 1.165) is 45.8 Å². The molecule has 2 aromatic rings. The van der Waals surface area contributed by atoms with Gasteiger partial charge in [0.1, 0.15) is 0 Å². The van der Waals surface area contributed by atoms with E-state index >= 15 is 0 Å². The Morgan fingerprint density at radius 2 is 1.50 bits per heavy atom. The molecule has 0 spiro atoms. The smallest absolute Gasteiger partial charge is 0.204 e. The zero-order chi connectivity index (χ0) is 31.5. The lowest BCUT2D eigenvalue weighted by atomic mass is 9.83. The van der Waals surface area contributed by atoms with Crippen LogP contribution in [0.5, 0.6) is 0 Å². The second kappa shape index (κ2) is 19.8. The number of benzene rings is 2. The van der Waals surface area contributed by atoms with Crippen LogP contribution in [0.25, 0.3) is 11.1 Å². The van der Waals surface area contributed by atoms with Crippen molar-refractivity contribution in [3.05, 3.63) is 107 Å². The third-order valence-corrected chi connectivity index (χ3v) is 5.33. The van der Waals surface area contributed by atoms with Gasteiger partial charge >= 0.3 is 0 Å². The van der Waals surface area contributed by atoms with Gasteiger partial charge in [0.2, 0.25) is 6.41 Å². The highest BCUT2D eigenvalue weighted by molar-refractivity contribution is 5.95. The minimum Gasteiger partial charge on any atom is -0.499 e. The van der Waals surface area contributed by atoms with Crippen LogP contribution >= 0.6 is 0 Å². The van der Waals surface area contributed by atoms with Gasteiger partial charge in [-0.05, 0) is 86.1 Å². The summed E-state index contributed by atoms with van der Waals surface area (Å²) in [6, 6.07) is 15.9. The van der Waals surface area contributed by atoms with Crippen LogP contribution in [0.15, 0.2) is 79.1 Å². The van der Waals surface area contributed by atoms with E-state index in [9.17, 15) is 10.1 Å². The van der Waals surface area contributed by atoms with Crippen LogP contribution in [0, 0.1) is 11.3 Å². The largest absolute Gasteiger partial charge is 0.499 e. The molecule has 0 aliphatic rings. The lowest BCUT2D eigenvalue weighted by Crippen LogP contribution is -2.11. The number of hydrogen-bond donors (Lipinski definition) is 1. The normalized spacial score (nSPS) is 10.6. The Balaban J connectivity index is 0. The number of nitrogens with two attached hydrogens (primary N) is 1. The number of ketones is 1. The summed E-state index contributed by atoms with van der Waals surface area (Å²) < 4.78 is 4.85. The number of rotatable bonds is 7. The third-order valence-electron chi connectivity index (χ3n) is 5.33. The zero-order valence-electron chi connectivity index (χ0n) is 26.1. The number of Topliss-reactive ketones (excluding diaryl/α,β-unsaturated/α-hetero) is 1. The molecule has 0 radical (unpaired) electrons. The van der Waals surface area contributed by atoms with E-state index < -0.39 is 0 Å². The van der Waals surface area contributed by atoms with Gasteiger partial charge in [-0.1, -0.05) is 89.8 Å². The number of carbonyl (C=O) groups is 2. The maximum atomic E-state index is 11.6. The number of allylic oxidation sites excluding steroid dienone is 6. The van der Waals surface area contributed by atoms with E-state index in [0.29, 0.717) is 11.1 Å². The topological polar surface area (TPSA) is 93.2 Å². The molecule has 5 nitrogen and oxygen atoms in total. The Hall–Kier alpha value is -4.17. The molecule has 0 bridgehead atoms. The summed E-state index contributed by atoms with van der Waals surface area (Å²) in [5, 5.41) is 9.50. The second-order valence-electron chi connectivity index (χ2n) is 9.65. The van der Waals surface area contributed by atoms with Gasteiger partial charge in [0.15, 0.2) is 5.78 Å². The number of hydrogen-bond acceptors (Lipinski definition) is 4. The van der Waals surface area contributed by atoms with E-state index in [4.69, 9.17) is 9.53 Å². The van der Waals surface area contributed by atoms with Crippen molar-refractivity contribution >= 4 is 23.3 Å². The van der Waals surface area contributed by atoms with Gasteiger partial charge in [-0.2, -0.15) is 5.26 Å². The van der Waals surface area contributed by atoms with Gasteiger partial charge < -0.3 is 10.5 Å². The van der Waals surface area contributed by atoms with E-state index in [2.05, 4.69) is 64.0 Å². The van der Waals surface area contributed by atoms with Crippen LogP contribution in [0.4, 0.5) is 0 Å². The predicted octanol–water partition coefficient (Wildman–Crippen LogP) is 8.81. The first-order valence-electron chi connectivity index (χ1n) is 13.4. The molecule has 1 amide bonds. The van der Waals surface area contributed by atoms with E-state index in [1.54, 1.807) is 6.92 Å². The molecule has 0 aliphatic carbocycles. The van der Waals surface area contributed by atoms with Crippen molar-refractivity contribution in [3.63, 3.8) is 0 Å². The van der Waals surface area contributed by atoms with E-state index in [1.807, 2.05) is 77.9 Å². The average molecular weight is 545 g/mol. The summed E-state index contributed by atoms with van der Waals surface area (Å²) in [7, 11) is 0. The fourth-order valence-electron chi connectivity index (χ4n) is 3.36. The minimum absolute atomic E-state index is 0.0505. The van der Waals surface area contributed by atoms with Crippen LogP contribution in [0.1, 0.15) is 102 Å². The monoisotopic (exact) mass is 544 g/mol. The van der Waals surface area contributed by atoms with Crippen molar-refractivity contribution in [1.82, 2.24) is 0 Å². The summed E-state index contributed by atoms with van der Waals surface area (Å²) in [6.07, 6.45) is 4.41. The molecule has 0 heterocycles. The number of ether oxygens (including phenoxy) is 1. The van der Waals surface area contributed by atoms with Crippen LogP contribution in [-0.2, 0) is 14.9 Å². The SMILES string of the molecule is C=C(C)/C(=C\C(=C/C)c1cc(C#N)cc(C(C)(C)C)c1)c1ccc(C(C)=O)cc1.C=C(C)OCC.CC.NC=O. The molecule has 2 N–H and O–H groups in total. The molecule has 216 valence electrons. The molecule has 0 aromatic heterocycles. The quantitative estimate of drug-likeness (QED) is 0.163. The first-order chi connectivity index (χ1) is 18.7. The number of carbonyl (C=O) groups excluding carboxylic acids is 2. The van der Waals surface area contributed by atoms with Crippen LogP contribution in [0.3, 0.4) is 0 Å². The van der Waals surface area contributed by atoms with E-state index in [1.165, 1.54) is 0 Å². The van der Waals surface area contributed by atoms with Crippen molar-refractivity contribution in [2.45, 2.75) is 74.7 Å². The third kappa shape index (κ3) is 14.1. The summed E-state index contributed by atoms with van der Waals surface area (Å²) in [4.78, 5) is 20.2. The molecule has 0 atom stereocenters. The van der Waals surface area contributed by atoms with Gasteiger partial charge in [0.05, 0.1) is 24.0 Å². The fraction of sp³-hybridized carbons (Fsp3) is 0.343. The molecule has 2 rings (SSSR count). The number of nitriles is 1. The minimum atomic E-state index is -0.0517. The number of amides is 1. The second-order valence-corrected chi connectivity index (χ2v) is 9.65. The van der Waals surface area contributed by atoms with E-state index in [-0.39, 0.29) is 17.6 Å². The van der Waals surface area contributed by atoms with Crippen LogP contribution in [-0.4, -0.2) is 18.8 Å². The average Bonchev–Trinajstić information content (AvgIpc) is 2.90. The van der Waals surface area contributed by atoms with Crippen LogP contribution in [0.2, 0.25) is 0 Å². The van der Waals surface area contributed by atoms with Crippen molar-refractivity contribution in [2.24, 2.45) is 5.73 Å². The van der Waals surface area contributed by atoms with Gasteiger partial charge in [-0.25, -0.2) is 0 Å². The molecule has 0 saturated heterocycles.